The van der Waals surface area contributed by atoms with Gasteiger partial charge in [-0.15, -0.1) is 0 Å². The Morgan fingerprint density at radius 1 is 0.730 bits per heavy atom. The van der Waals surface area contributed by atoms with Crippen LogP contribution >= 0.6 is 0 Å². The first kappa shape index (κ1) is 46.2. The SMILES string of the molecule is CC(C)C(=O)N[C@H](C(=O)N1C[C@@H](NC(=O)[C@@H]2CC[C@](C)(C(=O)N[C@@H]3CN[C@H](C(=O)N[C@@H]4CCCc5ccccc54)C3)C2(C)C)C[C@H]1C(=O)N[C@@H]1CCCc2ccccc21)C(C)(C)C. The predicted molar refractivity (Wildman–Crippen MR) is 242 cm³/mol. The van der Waals surface area contributed by atoms with Gasteiger partial charge in [-0.05, 0) is 97.3 Å². The van der Waals surface area contributed by atoms with E-state index in [1.807, 2.05) is 71.9 Å². The molecule has 0 radical (unpaired) electrons. The second kappa shape index (κ2) is 18.4. The van der Waals surface area contributed by atoms with Crippen LogP contribution < -0.4 is 31.9 Å². The molecule has 63 heavy (non-hydrogen) atoms. The van der Waals surface area contributed by atoms with Crippen molar-refractivity contribution in [3.63, 3.8) is 0 Å². The van der Waals surface area contributed by atoms with Gasteiger partial charge in [0.15, 0.2) is 0 Å². The van der Waals surface area contributed by atoms with Crippen molar-refractivity contribution in [2.75, 3.05) is 13.1 Å². The van der Waals surface area contributed by atoms with Gasteiger partial charge in [-0.25, -0.2) is 0 Å². The summed E-state index contributed by atoms with van der Waals surface area (Å²) in [6, 6.07) is 13.3. The Balaban J connectivity index is 1.01. The van der Waals surface area contributed by atoms with Crippen molar-refractivity contribution < 1.29 is 28.8 Å². The van der Waals surface area contributed by atoms with Gasteiger partial charge in [-0.2, -0.15) is 0 Å². The average molecular weight is 866 g/mol. The number of carbonyl (C=O) groups excluding carboxylic acids is 6. The van der Waals surface area contributed by atoms with Gasteiger partial charge in [0.05, 0.1) is 23.5 Å². The van der Waals surface area contributed by atoms with Crippen molar-refractivity contribution in [2.24, 2.45) is 28.1 Å². The van der Waals surface area contributed by atoms with Crippen LogP contribution in [0.1, 0.15) is 141 Å². The number of rotatable bonds is 11. The zero-order valence-corrected chi connectivity index (χ0v) is 38.7. The average Bonchev–Trinajstić information content (AvgIpc) is 3.95. The molecule has 2 heterocycles. The topological polar surface area (TPSA) is 178 Å². The summed E-state index contributed by atoms with van der Waals surface area (Å²) in [6.07, 6.45) is 7.28. The van der Waals surface area contributed by atoms with E-state index in [0.29, 0.717) is 25.8 Å². The van der Waals surface area contributed by atoms with Crippen LogP contribution in [0.2, 0.25) is 0 Å². The van der Waals surface area contributed by atoms with Gasteiger partial charge in [-0.3, -0.25) is 28.8 Å². The maximum atomic E-state index is 14.6. The first-order valence-corrected chi connectivity index (χ1v) is 23.5. The number of amides is 6. The number of carbonyl (C=O) groups is 6. The number of hydrogen-bond donors (Lipinski definition) is 6. The van der Waals surface area contributed by atoms with E-state index >= 15 is 0 Å². The third kappa shape index (κ3) is 9.54. The molecule has 2 saturated heterocycles. The van der Waals surface area contributed by atoms with E-state index in [1.54, 1.807) is 18.7 Å². The molecule has 0 aromatic heterocycles. The van der Waals surface area contributed by atoms with E-state index in [4.69, 9.17) is 0 Å². The summed E-state index contributed by atoms with van der Waals surface area (Å²) in [5, 5.41) is 19.3. The molecule has 3 aliphatic carbocycles. The molecule has 3 fully saturated rings. The zero-order chi connectivity index (χ0) is 45.4. The van der Waals surface area contributed by atoms with E-state index < -0.39 is 46.3 Å². The first-order valence-electron chi connectivity index (χ1n) is 23.5. The molecule has 6 amide bonds. The zero-order valence-electron chi connectivity index (χ0n) is 38.7. The summed E-state index contributed by atoms with van der Waals surface area (Å²) in [5.41, 5.74) is 2.49. The highest BCUT2D eigenvalue weighted by atomic mass is 16.2. The number of likely N-dealkylation sites (tertiary alicyclic amines) is 1. The second-order valence-electron chi connectivity index (χ2n) is 21.2. The smallest absolute Gasteiger partial charge is 0.246 e. The summed E-state index contributed by atoms with van der Waals surface area (Å²) < 4.78 is 0. The molecule has 2 aliphatic heterocycles. The fraction of sp³-hybridized carbons (Fsp3) is 0.640. The van der Waals surface area contributed by atoms with Crippen LogP contribution in [0.5, 0.6) is 0 Å². The van der Waals surface area contributed by atoms with Gasteiger partial charge in [0.1, 0.15) is 12.1 Å². The Morgan fingerprint density at radius 3 is 1.90 bits per heavy atom. The first-order chi connectivity index (χ1) is 29.8. The largest absolute Gasteiger partial charge is 0.352 e. The highest BCUT2D eigenvalue weighted by Gasteiger charge is 2.59. The number of hydrogen-bond acceptors (Lipinski definition) is 7. The quantitative estimate of drug-likeness (QED) is 0.186. The summed E-state index contributed by atoms with van der Waals surface area (Å²) in [4.78, 5) is 85.6. The van der Waals surface area contributed by atoms with Crippen molar-refractivity contribution in [3.05, 3.63) is 70.8 Å². The lowest BCUT2D eigenvalue weighted by molar-refractivity contribution is -0.144. The fourth-order valence-corrected chi connectivity index (χ4v) is 11.0. The van der Waals surface area contributed by atoms with Gasteiger partial charge in [0.2, 0.25) is 35.4 Å². The standard InChI is InChI=1S/C50H71N7O6/c1-29(2)42(58)56-41(48(3,4)5)46(62)57-28-33(26-40(57)45(61)55-38-22-14-18-31-16-10-12-20-35(31)38)52-43(59)36-23-24-50(8,49(36,6)7)47(63)53-32-25-39(51-27-32)44(60)54-37-21-13-17-30-15-9-11-19-34(30)37/h9-12,15-16,19-20,29,32-33,36-41,51H,13-14,17-18,21-28H2,1-8H3,(H,52,59)(H,53,63)(H,54,60)(H,55,61)(H,56,58)/t32-,33-,36-,37+,38+,39-,40-,41+,50+/m0/s1. The van der Waals surface area contributed by atoms with Crippen LogP contribution in [0.15, 0.2) is 48.5 Å². The molecule has 0 unspecified atom stereocenters. The van der Waals surface area contributed by atoms with E-state index in [2.05, 4.69) is 50.1 Å². The molecule has 0 spiro atoms. The molecule has 9 atom stereocenters. The van der Waals surface area contributed by atoms with E-state index in [0.717, 1.165) is 44.1 Å². The molecule has 13 heteroatoms. The number of fused-ring (bicyclic) bond motifs is 2. The lowest BCUT2D eigenvalue weighted by atomic mass is 9.65. The molecule has 2 aromatic carbocycles. The van der Waals surface area contributed by atoms with Gasteiger partial charge in [-0.1, -0.05) is 104 Å². The molecule has 6 N–H and O–H groups in total. The Labute approximate surface area is 373 Å². The molecule has 7 rings (SSSR count). The van der Waals surface area contributed by atoms with Crippen molar-refractivity contribution in [1.82, 2.24) is 36.8 Å². The Morgan fingerprint density at radius 2 is 1.32 bits per heavy atom. The molecule has 5 aliphatic rings. The number of nitrogens with one attached hydrogen (secondary N) is 6. The van der Waals surface area contributed by atoms with Gasteiger partial charge in [0.25, 0.3) is 0 Å². The van der Waals surface area contributed by atoms with Gasteiger partial charge in [0, 0.05) is 37.0 Å². The van der Waals surface area contributed by atoms with Crippen molar-refractivity contribution in [2.45, 2.75) is 162 Å². The Kier molecular flexibility index (Phi) is 13.5. The van der Waals surface area contributed by atoms with Crippen LogP contribution in [-0.4, -0.2) is 83.6 Å². The molecule has 342 valence electrons. The number of nitrogens with zero attached hydrogens (tertiary/aromatic N) is 1. The lowest BCUT2D eigenvalue weighted by Gasteiger charge is -2.40. The van der Waals surface area contributed by atoms with Crippen LogP contribution in [0.3, 0.4) is 0 Å². The normalized spacial score (nSPS) is 29.2. The predicted octanol–water partition coefficient (Wildman–Crippen LogP) is 4.94. The Hall–Kier alpha value is -4.78. The molecular formula is C50H71N7O6. The summed E-state index contributed by atoms with van der Waals surface area (Å²) in [6.45, 7) is 15.7. The van der Waals surface area contributed by atoms with E-state index in [-0.39, 0.29) is 72.5 Å². The summed E-state index contributed by atoms with van der Waals surface area (Å²) >= 11 is 0. The number of aryl methyl sites for hydroxylation is 2. The highest BCUT2D eigenvalue weighted by Crippen LogP contribution is 2.56. The van der Waals surface area contributed by atoms with Crippen LogP contribution in [-0.2, 0) is 41.6 Å². The molecule has 2 aromatic rings. The summed E-state index contributed by atoms with van der Waals surface area (Å²) in [5.74, 6) is -2.14. The van der Waals surface area contributed by atoms with Crippen LogP contribution in [0.25, 0.3) is 0 Å². The summed E-state index contributed by atoms with van der Waals surface area (Å²) in [7, 11) is 0. The fourth-order valence-electron chi connectivity index (χ4n) is 11.0. The molecule has 1 saturated carbocycles. The monoisotopic (exact) mass is 866 g/mol. The molecular weight excluding hydrogens is 795 g/mol. The van der Waals surface area contributed by atoms with Gasteiger partial charge >= 0.3 is 0 Å². The maximum absolute atomic E-state index is 14.6. The maximum Gasteiger partial charge on any atom is 0.246 e. The van der Waals surface area contributed by atoms with Gasteiger partial charge < -0.3 is 36.8 Å². The van der Waals surface area contributed by atoms with Crippen molar-refractivity contribution in [3.8, 4) is 0 Å². The minimum Gasteiger partial charge on any atom is -0.352 e. The molecule has 13 nitrogen and oxygen atoms in total. The van der Waals surface area contributed by atoms with Crippen molar-refractivity contribution >= 4 is 35.4 Å². The third-order valence-electron chi connectivity index (χ3n) is 15.4. The lowest BCUT2D eigenvalue weighted by Crippen LogP contribution is -2.58. The molecule has 0 bridgehead atoms. The Bertz CT molecular complexity index is 2080. The van der Waals surface area contributed by atoms with Crippen LogP contribution in [0, 0.1) is 28.1 Å². The second-order valence-corrected chi connectivity index (χ2v) is 21.2. The van der Waals surface area contributed by atoms with E-state index in [9.17, 15) is 28.8 Å². The third-order valence-corrected chi connectivity index (χ3v) is 15.4. The number of benzene rings is 2. The van der Waals surface area contributed by atoms with Crippen LogP contribution in [0.4, 0.5) is 0 Å². The van der Waals surface area contributed by atoms with Crippen molar-refractivity contribution in [1.29, 1.82) is 0 Å². The highest BCUT2D eigenvalue weighted by molar-refractivity contribution is 5.94. The minimum absolute atomic E-state index is 0.0208. The van der Waals surface area contributed by atoms with E-state index in [1.165, 1.54) is 16.7 Å². The minimum atomic E-state index is -0.894.